The highest BCUT2D eigenvalue weighted by Gasteiger charge is 1.95. The van der Waals surface area contributed by atoms with Crippen LogP contribution in [0, 0.1) is 0 Å². The molecule has 0 amide bonds. The number of nitrogens with two attached hydrogens (primary N) is 1. The van der Waals surface area contributed by atoms with Crippen molar-refractivity contribution < 1.29 is 4.74 Å². The average molecular weight is 224 g/mol. The number of thioether (sulfide) groups is 1. The molecule has 0 aliphatic rings. The monoisotopic (exact) mass is 224 g/mol. The van der Waals surface area contributed by atoms with Crippen LogP contribution >= 0.6 is 11.8 Å². The third kappa shape index (κ3) is 5.44. The Balaban J connectivity index is 2.28. The molecule has 0 spiro atoms. The fraction of sp³-hybridized carbons (Fsp3) is 0.364. The maximum atomic E-state index is 5.72. The Hall–Kier alpha value is -1.00. The standard InChI is InChI=1S/C11H16N2OS/c1-14-8-7-13-11(12)15-9-10-5-3-2-4-6-10/h2-6H,7-9H2,1H3,(H2,12,13). The van der Waals surface area contributed by atoms with Crippen molar-refractivity contribution in [3.63, 3.8) is 0 Å². The number of hydrogen-bond donors (Lipinski definition) is 1. The van der Waals surface area contributed by atoms with Crippen LogP contribution in [0.2, 0.25) is 0 Å². The van der Waals surface area contributed by atoms with Gasteiger partial charge in [-0.05, 0) is 5.56 Å². The number of nitrogens with zero attached hydrogens (tertiary/aromatic N) is 1. The minimum absolute atomic E-state index is 0.618. The van der Waals surface area contributed by atoms with E-state index in [1.165, 1.54) is 5.56 Å². The smallest absolute Gasteiger partial charge is 0.154 e. The molecule has 82 valence electrons. The number of amidine groups is 1. The van der Waals surface area contributed by atoms with Crippen LogP contribution in [0.1, 0.15) is 5.56 Å². The van der Waals surface area contributed by atoms with Crippen LogP contribution in [0.25, 0.3) is 0 Å². The summed E-state index contributed by atoms with van der Waals surface area (Å²) < 4.78 is 4.88. The second-order valence-electron chi connectivity index (χ2n) is 2.99. The van der Waals surface area contributed by atoms with E-state index < -0.39 is 0 Å². The summed E-state index contributed by atoms with van der Waals surface area (Å²) in [5.41, 5.74) is 6.98. The lowest BCUT2D eigenvalue weighted by atomic mass is 10.2. The van der Waals surface area contributed by atoms with Crippen LogP contribution < -0.4 is 5.73 Å². The second-order valence-corrected chi connectivity index (χ2v) is 3.98. The minimum Gasteiger partial charge on any atom is -0.383 e. The number of rotatable bonds is 5. The molecule has 4 heteroatoms. The third-order valence-corrected chi connectivity index (χ3v) is 2.70. The van der Waals surface area contributed by atoms with Crippen LogP contribution in [0.4, 0.5) is 0 Å². The second kappa shape index (κ2) is 7.31. The molecule has 0 aromatic heterocycles. The predicted octanol–water partition coefficient (Wildman–Crippen LogP) is 1.88. The van der Waals surface area contributed by atoms with Gasteiger partial charge in [0.05, 0.1) is 13.2 Å². The van der Waals surface area contributed by atoms with Crippen molar-refractivity contribution in [1.82, 2.24) is 0 Å². The van der Waals surface area contributed by atoms with E-state index >= 15 is 0 Å². The topological polar surface area (TPSA) is 47.6 Å². The highest BCUT2D eigenvalue weighted by molar-refractivity contribution is 8.13. The molecule has 3 nitrogen and oxygen atoms in total. The molecule has 15 heavy (non-hydrogen) atoms. The summed E-state index contributed by atoms with van der Waals surface area (Å²) in [4.78, 5) is 4.16. The third-order valence-electron chi connectivity index (χ3n) is 1.79. The summed E-state index contributed by atoms with van der Waals surface area (Å²) in [6.45, 7) is 1.25. The van der Waals surface area contributed by atoms with Crippen molar-refractivity contribution >= 4 is 16.9 Å². The fourth-order valence-electron chi connectivity index (χ4n) is 1.02. The van der Waals surface area contributed by atoms with Gasteiger partial charge in [0.1, 0.15) is 0 Å². The van der Waals surface area contributed by atoms with E-state index in [0.29, 0.717) is 18.3 Å². The normalized spacial score (nSPS) is 11.7. The van der Waals surface area contributed by atoms with Gasteiger partial charge >= 0.3 is 0 Å². The SMILES string of the molecule is COCCN=C(N)SCc1ccccc1. The van der Waals surface area contributed by atoms with E-state index in [4.69, 9.17) is 10.5 Å². The van der Waals surface area contributed by atoms with Crippen molar-refractivity contribution in [2.75, 3.05) is 20.3 Å². The van der Waals surface area contributed by atoms with Crippen LogP contribution in [0.5, 0.6) is 0 Å². The van der Waals surface area contributed by atoms with E-state index in [-0.39, 0.29) is 0 Å². The van der Waals surface area contributed by atoms with Gasteiger partial charge in [0.25, 0.3) is 0 Å². The molecular weight excluding hydrogens is 208 g/mol. The Morgan fingerprint density at radius 3 is 2.80 bits per heavy atom. The number of aliphatic imine (C=N–C) groups is 1. The molecule has 0 saturated carbocycles. The minimum atomic E-state index is 0.618. The Kier molecular flexibility index (Phi) is 5.88. The maximum Gasteiger partial charge on any atom is 0.154 e. The zero-order valence-electron chi connectivity index (χ0n) is 8.85. The summed E-state index contributed by atoms with van der Waals surface area (Å²) in [7, 11) is 1.66. The Morgan fingerprint density at radius 2 is 2.13 bits per heavy atom. The summed E-state index contributed by atoms with van der Waals surface area (Å²) >= 11 is 1.55. The zero-order chi connectivity index (χ0) is 10.9. The van der Waals surface area contributed by atoms with Crippen LogP contribution in [-0.4, -0.2) is 25.4 Å². The zero-order valence-corrected chi connectivity index (χ0v) is 9.67. The van der Waals surface area contributed by atoms with Crippen molar-refractivity contribution in [2.24, 2.45) is 10.7 Å². The van der Waals surface area contributed by atoms with E-state index in [1.807, 2.05) is 18.2 Å². The van der Waals surface area contributed by atoms with Gasteiger partial charge in [-0.25, -0.2) is 0 Å². The van der Waals surface area contributed by atoms with Gasteiger partial charge in [-0.3, -0.25) is 4.99 Å². The van der Waals surface area contributed by atoms with E-state index in [0.717, 1.165) is 5.75 Å². The number of ether oxygens (including phenoxy) is 1. The Bertz CT molecular complexity index is 301. The average Bonchev–Trinajstić information content (AvgIpc) is 2.28. The first kappa shape index (κ1) is 12.1. The van der Waals surface area contributed by atoms with Crippen molar-refractivity contribution in [3.8, 4) is 0 Å². The molecule has 1 rings (SSSR count). The molecule has 0 fully saturated rings. The van der Waals surface area contributed by atoms with Gasteiger partial charge in [-0.1, -0.05) is 42.1 Å². The highest BCUT2D eigenvalue weighted by atomic mass is 32.2. The Morgan fingerprint density at radius 1 is 1.40 bits per heavy atom. The molecule has 0 unspecified atom stereocenters. The number of hydrogen-bond acceptors (Lipinski definition) is 3. The molecule has 1 aromatic carbocycles. The molecular formula is C11H16N2OS. The summed E-state index contributed by atoms with van der Waals surface area (Å²) in [6, 6.07) is 10.2. The van der Waals surface area contributed by atoms with Gasteiger partial charge < -0.3 is 10.5 Å². The molecule has 0 bridgehead atoms. The number of benzene rings is 1. The molecule has 0 radical (unpaired) electrons. The molecule has 1 aromatic rings. The van der Waals surface area contributed by atoms with Crippen molar-refractivity contribution in [1.29, 1.82) is 0 Å². The largest absolute Gasteiger partial charge is 0.383 e. The quantitative estimate of drug-likeness (QED) is 0.472. The lowest BCUT2D eigenvalue weighted by molar-refractivity contribution is 0.208. The van der Waals surface area contributed by atoms with Crippen LogP contribution in [-0.2, 0) is 10.5 Å². The molecule has 0 heterocycles. The number of methoxy groups -OCH3 is 1. The van der Waals surface area contributed by atoms with Crippen molar-refractivity contribution in [2.45, 2.75) is 5.75 Å². The van der Waals surface area contributed by atoms with Gasteiger partial charge in [-0.2, -0.15) is 0 Å². The molecule has 0 saturated heterocycles. The summed E-state index contributed by atoms with van der Waals surface area (Å²) in [5.74, 6) is 0.864. The molecule has 0 aliphatic carbocycles. The van der Waals surface area contributed by atoms with Crippen LogP contribution in [0.3, 0.4) is 0 Å². The predicted molar refractivity (Wildman–Crippen MR) is 66.1 cm³/mol. The molecule has 0 atom stereocenters. The van der Waals surface area contributed by atoms with Gasteiger partial charge in [-0.15, -0.1) is 0 Å². The summed E-state index contributed by atoms with van der Waals surface area (Å²) in [6.07, 6.45) is 0. The Labute approximate surface area is 94.7 Å². The van der Waals surface area contributed by atoms with E-state index in [1.54, 1.807) is 18.9 Å². The molecule has 0 aliphatic heterocycles. The lowest BCUT2D eigenvalue weighted by Crippen LogP contribution is -2.09. The van der Waals surface area contributed by atoms with E-state index in [2.05, 4.69) is 17.1 Å². The van der Waals surface area contributed by atoms with Gasteiger partial charge in [0.2, 0.25) is 0 Å². The van der Waals surface area contributed by atoms with Gasteiger partial charge in [0, 0.05) is 12.9 Å². The van der Waals surface area contributed by atoms with Gasteiger partial charge in [0.15, 0.2) is 5.17 Å². The van der Waals surface area contributed by atoms with Crippen molar-refractivity contribution in [3.05, 3.63) is 35.9 Å². The first-order valence-electron chi connectivity index (χ1n) is 4.78. The first-order chi connectivity index (χ1) is 7.33. The fourth-order valence-corrected chi connectivity index (χ4v) is 1.71. The highest BCUT2D eigenvalue weighted by Crippen LogP contribution is 2.11. The van der Waals surface area contributed by atoms with Crippen LogP contribution in [0.15, 0.2) is 35.3 Å². The molecule has 2 N–H and O–H groups in total. The summed E-state index contributed by atoms with van der Waals surface area (Å²) in [5, 5.41) is 0.621. The lowest BCUT2D eigenvalue weighted by Gasteiger charge is -2.01. The first-order valence-corrected chi connectivity index (χ1v) is 5.77. The van der Waals surface area contributed by atoms with E-state index in [9.17, 15) is 0 Å². The maximum absolute atomic E-state index is 5.72.